The highest BCUT2D eigenvalue weighted by molar-refractivity contribution is 5.34. The zero-order valence-corrected chi connectivity index (χ0v) is 12.2. The highest BCUT2D eigenvalue weighted by Crippen LogP contribution is 2.42. The van der Waals surface area contributed by atoms with Gasteiger partial charge in [0.05, 0.1) is 6.54 Å². The number of benzene rings is 1. The Hall–Kier alpha value is -1.58. The maximum Gasteiger partial charge on any atom is 0.129 e. The van der Waals surface area contributed by atoms with Gasteiger partial charge in [-0.3, -0.25) is 4.90 Å². The molecular weight excluding hydrogens is 262 g/mol. The third-order valence-corrected chi connectivity index (χ3v) is 4.73. The van der Waals surface area contributed by atoms with Gasteiger partial charge in [-0.15, -0.1) is 0 Å². The molecule has 1 aromatic carbocycles. The monoisotopic (exact) mass is 283 g/mol. The lowest BCUT2D eigenvalue weighted by atomic mass is 10.1. The molecule has 1 atom stereocenters. The van der Waals surface area contributed by atoms with Crippen molar-refractivity contribution in [2.24, 2.45) is 0 Å². The highest BCUT2D eigenvalue weighted by atomic mass is 16.4. The standard InChI is InChI=1S/C18H21NO2/c20-12-16-9-8-15(21-16)11-19(14-6-7-14)18-10-5-13-3-1-2-4-17(13)18/h1-4,8-9,14,18,20H,5-7,10-12H2/t18-/m1/s1. The highest BCUT2D eigenvalue weighted by Gasteiger charge is 2.37. The van der Waals surface area contributed by atoms with Crippen LogP contribution in [0.5, 0.6) is 0 Å². The number of aliphatic hydroxyl groups is 1. The molecule has 0 bridgehead atoms. The summed E-state index contributed by atoms with van der Waals surface area (Å²) in [4.78, 5) is 2.60. The Balaban J connectivity index is 1.58. The summed E-state index contributed by atoms with van der Waals surface area (Å²) < 4.78 is 5.70. The summed E-state index contributed by atoms with van der Waals surface area (Å²) in [6.45, 7) is 0.833. The van der Waals surface area contributed by atoms with Gasteiger partial charge in [-0.25, -0.2) is 0 Å². The molecule has 4 rings (SSSR count). The molecule has 0 saturated heterocycles. The van der Waals surface area contributed by atoms with Gasteiger partial charge in [0.2, 0.25) is 0 Å². The number of nitrogens with zero attached hydrogens (tertiary/aromatic N) is 1. The van der Waals surface area contributed by atoms with Crippen molar-refractivity contribution >= 4 is 0 Å². The summed E-state index contributed by atoms with van der Waals surface area (Å²) in [5, 5.41) is 9.14. The first-order valence-electron chi connectivity index (χ1n) is 7.87. The largest absolute Gasteiger partial charge is 0.462 e. The second-order valence-electron chi connectivity index (χ2n) is 6.18. The van der Waals surface area contributed by atoms with E-state index in [1.54, 1.807) is 0 Å². The van der Waals surface area contributed by atoms with Crippen LogP contribution in [0.3, 0.4) is 0 Å². The number of fused-ring (bicyclic) bond motifs is 1. The van der Waals surface area contributed by atoms with E-state index in [4.69, 9.17) is 9.52 Å². The molecule has 2 aliphatic carbocycles. The summed E-state index contributed by atoms with van der Waals surface area (Å²) in [5.41, 5.74) is 3.00. The van der Waals surface area contributed by atoms with Crippen LogP contribution in [-0.2, 0) is 19.6 Å². The molecule has 3 heteroatoms. The van der Waals surface area contributed by atoms with Crippen LogP contribution in [-0.4, -0.2) is 16.0 Å². The van der Waals surface area contributed by atoms with Crippen LogP contribution >= 0.6 is 0 Å². The maximum atomic E-state index is 9.14. The molecule has 2 aliphatic rings. The van der Waals surface area contributed by atoms with E-state index in [0.29, 0.717) is 17.8 Å². The zero-order chi connectivity index (χ0) is 14.2. The molecule has 0 aliphatic heterocycles. The van der Waals surface area contributed by atoms with Gasteiger partial charge < -0.3 is 9.52 Å². The molecular formula is C18H21NO2. The number of aliphatic hydroxyl groups excluding tert-OH is 1. The van der Waals surface area contributed by atoms with Crippen LogP contribution in [0.2, 0.25) is 0 Å². The average molecular weight is 283 g/mol. The molecule has 21 heavy (non-hydrogen) atoms. The van der Waals surface area contributed by atoms with E-state index >= 15 is 0 Å². The average Bonchev–Trinajstić information content (AvgIpc) is 3.11. The van der Waals surface area contributed by atoms with Crippen molar-refractivity contribution in [3.63, 3.8) is 0 Å². The second kappa shape index (κ2) is 5.32. The molecule has 3 nitrogen and oxygen atoms in total. The first-order chi connectivity index (χ1) is 10.3. The lowest BCUT2D eigenvalue weighted by Gasteiger charge is -2.28. The molecule has 0 radical (unpaired) electrons. The van der Waals surface area contributed by atoms with Crippen LogP contribution < -0.4 is 0 Å². The van der Waals surface area contributed by atoms with Gasteiger partial charge in [-0.05, 0) is 48.9 Å². The Labute approximate surface area is 125 Å². The Morgan fingerprint density at radius 1 is 1.05 bits per heavy atom. The Kier molecular flexibility index (Phi) is 3.32. The van der Waals surface area contributed by atoms with Crippen LogP contribution in [0, 0.1) is 0 Å². The fourth-order valence-corrected chi connectivity index (χ4v) is 3.55. The van der Waals surface area contributed by atoms with Crippen molar-refractivity contribution in [3.05, 3.63) is 59.0 Å². The summed E-state index contributed by atoms with van der Waals surface area (Å²) in [5.74, 6) is 1.63. The Morgan fingerprint density at radius 3 is 2.62 bits per heavy atom. The molecule has 2 aromatic rings. The minimum atomic E-state index is -0.0182. The third kappa shape index (κ3) is 2.52. The summed E-state index contributed by atoms with van der Waals surface area (Å²) >= 11 is 0. The fourth-order valence-electron chi connectivity index (χ4n) is 3.55. The minimum Gasteiger partial charge on any atom is -0.462 e. The second-order valence-corrected chi connectivity index (χ2v) is 6.18. The maximum absolute atomic E-state index is 9.14. The minimum absolute atomic E-state index is 0.0182. The van der Waals surface area contributed by atoms with Crippen LogP contribution in [0.4, 0.5) is 0 Å². The van der Waals surface area contributed by atoms with Gasteiger partial charge in [0.15, 0.2) is 0 Å². The van der Waals surface area contributed by atoms with Gasteiger partial charge in [-0.2, -0.15) is 0 Å². The topological polar surface area (TPSA) is 36.6 Å². The molecule has 1 saturated carbocycles. The third-order valence-electron chi connectivity index (χ3n) is 4.73. The van der Waals surface area contributed by atoms with E-state index in [2.05, 4.69) is 29.2 Å². The normalized spacial score (nSPS) is 21.0. The quantitative estimate of drug-likeness (QED) is 0.913. The van der Waals surface area contributed by atoms with Crippen molar-refractivity contribution in [3.8, 4) is 0 Å². The number of aryl methyl sites for hydroxylation is 1. The molecule has 1 fully saturated rings. The van der Waals surface area contributed by atoms with Crippen molar-refractivity contribution in [2.75, 3.05) is 0 Å². The van der Waals surface area contributed by atoms with Crippen LogP contribution in [0.1, 0.15) is 48.0 Å². The predicted octanol–water partition coefficient (Wildman–Crippen LogP) is 3.42. The Bertz CT molecular complexity index is 630. The molecule has 1 heterocycles. The van der Waals surface area contributed by atoms with Gasteiger partial charge in [0.1, 0.15) is 18.1 Å². The van der Waals surface area contributed by atoms with Crippen molar-refractivity contribution in [1.82, 2.24) is 4.90 Å². The molecule has 0 spiro atoms. The number of hydrogen-bond donors (Lipinski definition) is 1. The van der Waals surface area contributed by atoms with E-state index in [9.17, 15) is 0 Å². The van der Waals surface area contributed by atoms with E-state index in [0.717, 1.165) is 12.3 Å². The number of hydrogen-bond acceptors (Lipinski definition) is 3. The molecule has 110 valence electrons. The van der Waals surface area contributed by atoms with Crippen molar-refractivity contribution in [1.29, 1.82) is 0 Å². The fraction of sp³-hybridized carbons (Fsp3) is 0.444. The van der Waals surface area contributed by atoms with Crippen LogP contribution in [0.25, 0.3) is 0 Å². The molecule has 0 unspecified atom stereocenters. The summed E-state index contributed by atoms with van der Waals surface area (Å²) in [7, 11) is 0. The summed E-state index contributed by atoms with van der Waals surface area (Å²) in [6, 6.07) is 13.9. The van der Waals surface area contributed by atoms with E-state index in [-0.39, 0.29) is 6.61 Å². The first kappa shape index (κ1) is 13.1. The van der Waals surface area contributed by atoms with Crippen molar-refractivity contribution in [2.45, 2.75) is 50.9 Å². The predicted molar refractivity (Wildman–Crippen MR) is 80.7 cm³/mol. The smallest absolute Gasteiger partial charge is 0.129 e. The molecule has 0 amide bonds. The first-order valence-corrected chi connectivity index (χ1v) is 7.87. The number of rotatable bonds is 5. The van der Waals surface area contributed by atoms with E-state index in [1.165, 1.54) is 36.8 Å². The molecule has 1 aromatic heterocycles. The number of furan rings is 1. The Morgan fingerprint density at radius 2 is 1.86 bits per heavy atom. The lowest BCUT2D eigenvalue weighted by molar-refractivity contribution is 0.158. The van der Waals surface area contributed by atoms with Gasteiger partial charge in [-0.1, -0.05) is 24.3 Å². The van der Waals surface area contributed by atoms with Crippen molar-refractivity contribution < 1.29 is 9.52 Å². The van der Waals surface area contributed by atoms with Gasteiger partial charge in [0, 0.05) is 12.1 Å². The van der Waals surface area contributed by atoms with E-state index < -0.39 is 0 Å². The summed E-state index contributed by atoms with van der Waals surface area (Å²) in [6.07, 6.45) is 4.99. The van der Waals surface area contributed by atoms with E-state index in [1.807, 2.05) is 12.1 Å². The lowest BCUT2D eigenvalue weighted by Crippen LogP contribution is -2.29. The molecule has 1 N–H and O–H groups in total. The van der Waals surface area contributed by atoms with Gasteiger partial charge in [0.25, 0.3) is 0 Å². The zero-order valence-electron chi connectivity index (χ0n) is 12.2. The SMILES string of the molecule is OCc1ccc(CN(C2CC2)[C@@H]2CCc3ccccc32)o1. The van der Waals surface area contributed by atoms with Crippen LogP contribution in [0.15, 0.2) is 40.8 Å². The van der Waals surface area contributed by atoms with Gasteiger partial charge >= 0.3 is 0 Å².